The molecule has 2 unspecified atom stereocenters. The maximum Gasteiger partial charge on any atom is 0.306 e. The fraction of sp³-hybridized carbons (Fsp3) is 0.867. The number of carbonyl (C=O) groups is 2. The smallest absolute Gasteiger partial charge is 0.306 e. The highest BCUT2D eigenvalue weighted by molar-refractivity contribution is 5.78. The molecule has 0 spiro atoms. The SMILES string of the molecule is CCCN(CCC)C(=O)CNC1CCCC(C(=O)O)C1. The van der Waals surface area contributed by atoms with Gasteiger partial charge in [0, 0.05) is 19.1 Å². The largest absolute Gasteiger partial charge is 0.481 e. The summed E-state index contributed by atoms with van der Waals surface area (Å²) < 4.78 is 0. The Kier molecular flexibility index (Phi) is 7.59. The van der Waals surface area contributed by atoms with Crippen LogP contribution >= 0.6 is 0 Å². The van der Waals surface area contributed by atoms with Gasteiger partial charge in [0.1, 0.15) is 0 Å². The predicted molar refractivity (Wildman–Crippen MR) is 78.5 cm³/mol. The van der Waals surface area contributed by atoms with Crippen LogP contribution in [0.2, 0.25) is 0 Å². The third-order valence-corrected chi connectivity index (χ3v) is 3.91. The van der Waals surface area contributed by atoms with Gasteiger partial charge in [0.15, 0.2) is 0 Å². The molecule has 0 aromatic carbocycles. The monoisotopic (exact) mass is 284 g/mol. The molecule has 1 aliphatic carbocycles. The van der Waals surface area contributed by atoms with Gasteiger partial charge < -0.3 is 15.3 Å². The lowest BCUT2D eigenvalue weighted by Crippen LogP contribution is -2.44. The van der Waals surface area contributed by atoms with Crippen molar-refractivity contribution in [2.24, 2.45) is 5.92 Å². The second-order valence-corrected chi connectivity index (χ2v) is 5.66. The molecule has 2 N–H and O–H groups in total. The molecule has 2 atom stereocenters. The minimum absolute atomic E-state index is 0.131. The zero-order valence-electron chi connectivity index (χ0n) is 12.7. The third-order valence-electron chi connectivity index (χ3n) is 3.91. The highest BCUT2D eigenvalue weighted by Gasteiger charge is 2.27. The van der Waals surface area contributed by atoms with Gasteiger partial charge in [-0.15, -0.1) is 0 Å². The van der Waals surface area contributed by atoms with Gasteiger partial charge in [-0.1, -0.05) is 20.3 Å². The van der Waals surface area contributed by atoms with E-state index in [1.807, 2.05) is 4.90 Å². The van der Waals surface area contributed by atoms with Crippen LogP contribution in [0.25, 0.3) is 0 Å². The fourth-order valence-electron chi connectivity index (χ4n) is 2.84. The van der Waals surface area contributed by atoms with Gasteiger partial charge in [0.2, 0.25) is 5.91 Å². The Morgan fingerprint density at radius 2 is 1.85 bits per heavy atom. The number of carboxylic acid groups (broad SMARTS) is 1. The molecule has 116 valence electrons. The fourth-order valence-corrected chi connectivity index (χ4v) is 2.84. The lowest BCUT2D eigenvalue weighted by atomic mass is 9.86. The summed E-state index contributed by atoms with van der Waals surface area (Å²) >= 11 is 0. The van der Waals surface area contributed by atoms with E-state index in [9.17, 15) is 9.59 Å². The van der Waals surface area contributed by atoms with Crippen molar-refractivity contribution in [3.63, 3.8) is 0 Å². The summed E-state index contributed by atoms with van der Waals surface area (Å²) in [6, 6.07) is 0.166. The first-order valence-corrected chi connectivity index (χ1v) is 7.82. The van der Waals surface area contributed by atoms with E-state index < -0.39 is 5.97 Å². The van der Waals surface area contributed by atoms with Gasteiger partial charge in [-0.2, -0.15) is 0 Å². The number of rotatable bonds is 8. The Hall–Kier alpha value is -1.10. The molecule has 1 fully saturated rings. The second kappa shape index (κ2) is 8.95. The molecule has 1 amide bonds. The maximum absolute atomic E-state index is 12.1. The minimum Gasteiger partial charge on any atom is -0.481 e. The maximum atomic E-state index is 12.1. The molecule has 0 aliphatic heterocycles. The van der Waals surface area contributed by atoms with Crippen molar-refractivity contribution in [3.8, 4) is 0 Å². The average molecular weight is 284 g/mol. The van der Waals surface area contributed by atoms with Crippen LogP contribution in [0, 0.1) is 5.92 Å². The molecule has 5 heteroatoms. The molecule has 1 rings (SSSR count). The van der Waals surface area contributed by atoms with Crippen molar-refractivity contribution < 1.29 is 14.7 Å². The van der Waals surface area contributed by atoms with Crippen LogP contribution in [0.4, 0.5) is 0 Å². The Morgan fingerprint density at radius 1 is 1.20 bits per heavy atom. The second-order valence-electron chi connectivity index (χ2n) is 5.66. The van der Waals surface area contributed by atoms with Crippen molar-refractivity contribution in [2.45, 2.75) is 58.4 Å². The molecular formula is C15H28N2O3. The Balaban J connectivity index is 2.37. The molecule has 20 heavy (non-hydrogen) atoms. The lowest BCUT2D eigenvalue weighted by molar-refractivity contribution is -0.143. The Labute approximate surface area is 121 Å². The topological polar surface area (TPSA) is 69.6 Å². The molecule has 1 saturated carbocycles. The van der Waals surface area contributed by atoms with Gasteiger partial charge in [-0.3, -0.25) is 9.59 Å². The van der Waals surface area contributed by atoms with E-state index in [0.29, 0.717) is 13.0 Å². The number of carboxylic acids is 1. The molecular weight excluding hydrogens is 256 g/mol. The zero-order chi connectivity index (χ0) is 15.0. The Morgan fingerprint density at radius 3 is 2.40 bits per heavy atom. The number of nitrogens with zero attached hydrogens (tertiary/aromatic N) is 1. The van der Waals surface area contributed by atoms with Crippen LogP contribution in [-0.4, -0.2) is 47.6 Å². The van der Waals surface area contributed by atoms with Crippen molar-refractivity contribution >= 4 is 11.9 Å². The van der Waals surface area contributed by atoms with E-state index >= 15 is 0 Å². The molecule has 0 radical (unpaired) electrons. The van der Waals surface area contributed by atoms with Gasteiger partial charge in [-0.05, 0) is 32.1 Å². The van der Waals surface area contributed by atoms with Crippen LogP contribution in [0.15, 0.2) is 0 Å². The normalized spacial score (nSPS) is 22.5. The molecule has 0 heterocycles. The molecule has 0 aromatic heterocycles. The van der Waals surface area contributed by atoms with E-state index in [1.165, 1.54) is 0 Å². The van der Waals surface area contributed by atoms with Crippen LogP contribution < -0.4 is 5.32 Å². The number of carbonyl (C=O) groups excluding carboxylic acids is 1. The lowest BCUT2D eigenvalue weighted by Gasteiger charge is -2.28. The summed E-state index contributed by atoms with van der Waals surface area (Å²) in [6.07, 6.45) is 5.24. The molecule has 5 nitrogen and oxygen atoms in total. The van der Waals surface area contributed by atoms with Gasteiger partial charge >= 0.3 is 5.97 Å². The first-order valence-electron chi connectivity index (χ1n) is 7.82. The van der Waals surface area contributed by atoms with Crippen LogP contribution in [0.1, 0.15) is 52.4 Å². The van der Waals surface area contributed by atoms with E-state index in [2.05, 4.69) is 19.2 Å². The zero-order valence-corrected chi connectivity index (χ0v) is 12.7. The summed E-state index contributed by atoms with van der Waals surface area (Å²) in [5.41, 5.74) is 0. The quantitative estimate of drug-likeness (QED) is 0.714. The highest BCUT2D eigenvalue weighted by Crippen LogP contribution is 2.24. The van der Waals surface area contributed by atoms with Crippen LogP contribution in [-0.2, 0) is 9.59 Å². The summed E-state index contributed by atoms with van der Waals surface area (Å²) in [6.45, 7) is 6.08. The summed E-state index contributed by atoms with van der Waals surface area (Å²) in [4.78, 5) is 25.0. The molecule has 0 aromatic rings. The molecule has 0 bridgehead atoms. The standard InChI is InChI=1S/C15H28N2O3/c1-3-8-17(9-4-2)14(18)11-16-13-7-5-6-12(10-13)15(19)20/h12-13,16H,3-11H2,1-2H3,(H,19,20). The van der Waals surface area contributed by atoms with E-state index in [0.717, 1.165) is 45.2 Å². The molecule has 1 aliphatic rings. The van der Waals surface area contributed by atoms with Crippen LogP contribution in [0.3, 0.4) is 0 Å². The summed E-state index contributed by atoms with van der Waals surface area (Å²) in [7, 11) is 0. The Bertz CT molecular complexity index is 314. The number of hydrogen-bond acceptors (Lipinski definition) is 3. The molecule has 0 saturated heterocycles. The van der Waals surface area contributed by atoms with Gasteiger partial charge in [0.05, 0.1) is 12.5 Å². The first-order chi connectivity index (χ1) is 9.58. The summed E-state index contributed by atoms with van der Waals surface area (Å²) in [5.74, 6) is -0.827. The average Bonchev–Trinajstić information content (AvgIpc) is 2.45. The van der Waals surface area contributed by atoms with Crippen molar-refractivity contribution in [1.29, 1.82) is 0 Å². The van der Waals surface area contributed by atoms with E-state index in [1.54, 1.807) is 0 Å². The van der Waals surface area contributed by atoms with Gasteiger partial charge in [-0.25, -0.2) is 0 Å². The summed E-state index contributed by atoms with van der Waals surface area (Å²) in [5, 5.41) is 12.3. The number of nitrogens with one attached hydrogen (secondary N) is 1. The predicted octanol–water partition coefficient (Wildman–Crippen LogP) is 1.87. The number of amides is 1. The van der Waals surface area contributed by atoms with Gasteiger partial charge in [0.25, 0.3) is 0 Å². The van der Waals surface area contributed by atoms with Crippen molar-refractivity contribution in [3.05, 3.63) is 0 Å². The first kappa shape index (κ1) is 17.0. The van der Waals surface area contributed by atoms with Crippen LogP contribution in [0.5, 0.6) is 0 Å². The van der Waals surface area contributed by atoms with Crippen molar-refractivity contribution in [1.82, 2.24) is 10.2 Å². The van der Waals surface area contributed by atoms with E-state index in [4.69, 9.17) is 5.11 Å². The number of aliphatic carboxylic acids is 1. The number of hydrogen-bond donors (Lipinski definition) is 2. The third kappa shape index (κ3) is 5.49. The minimum atomic E-state index is -0.707. The highest BCUT2D eigenvalue weighted by atomic mass is 16.4. The van der Waals surface area contributed by atoms with E-state index in [-0.39, 0.29) is 17.9 Å². The van der Waals surface area contributed by atoms with Crippen molar-refractivity contribution in [2.75, 3.05) is 19.6 Å².